The number of morpholine rings is 1. The molecule has 0 radical (unpaired) electrons. The van der Waals surface area contributed by atoms with Gasteiger partial charge in [0, 0.05) is 38.9 Å². The Hall–Kier alpha value is -2.82. The molecule has 0 atom stereocenters. The number of aryl methyl sites for hydroxylation is 3. The van der Waals surface area contributed by atoms with Gasteiger partial charge in [-0.1, -0.05) is 0 Å². The largest absolute Gasteiger partial charge is 0.379 e. The molecule has 0 aliphatic carbocycles. The van der Waals surface area contributed by atoms with Crippen LogP contribution in [0.2, 0.25) is 0 Å². The van der Waals surface area contributed by atoms with Gasteiger partial charge in [-0.05, 0) is 31.5 Å². The second-order valence-corrected chi connectivity index (χ2v) is 9.08. The summed E-state index contributed by atoms with van der Waals surface area (Å²) < 4.78 is 9.88. The minimum Gasteiger partial charge on any atom is -0.379 e. The van der Waals surface area contributed by atoms with Crippen LogP contribution in [0.5, 0.6) is 0 Å². The lowest BCUT2D eigenvalue weighted by Gasteiger charge is -2.26. The average molecular weight is 440 g/mol. The number of ether oxygens (including phenoxy) is 1. The monoisotopic (exact) mass is 439 g/mol. The molecule has 0 bridgehead atoms. The molecule has 1 saturated heterocycles. The number of nitrogens with zero attached hydrogens (tertiary/aromatic N) is 6. The molecular formula is C21H25N7O2S. The maximum absolute atomic E-state index is 12.8. The van der Waals surface area contributed by atoms with E-state index in [4.69, 9.17) is 9.72 Å². The van der Waals surface area contributed by atoms with Gasteiger partial charge in [-0.3, -0.25) is 14.0 Å². The molecule has 10 heteroatoms. The van der Waals surface area contributed by atoms with Gasteiger partial charge in [0.15, 0.2) is 5.65 Å². The van der Waals surface area contributed by atoms with Crippen molar-refractivity contribution < 1.29 is 4.74 Å². The first-order valence-electron chi connectivity index (χ1n) is 10.4. The number of aromatic nitrogens is 5. The lowest BCUT2D eigenvalue weighted by Crippen LogP contribution is -2.39. The lowest BCUT2D eigenvalue weighted by molar-refractivity contribution is 0.0364. The second-order valence-electron chi connectivity index (χ2n) is 7.84. The predicted octanol–water partition coefficient (Wildman–Crippen LogP) is 2.43. The van der Waals surface area contributed by atoms with Gasteiger partial charge >= 0.3 is 5.69 Å². The van der Waals surface area contributed by atoms with E-state index in [1.807, 2.05) is 13.8 Å². The van der Waals surface area contributed by atoms with Crippen LogP contribution in [0.15, 0.2) is 23.1 Å². The van der Waals surface area contributed by atoms with Gasteiger partial charge in [0.05, 0.1) is 34.6 Å². The van der Waals surface area contributed by atoms with E-state index in [0.717, 1.165) is 64.8 Å². The first-order valence-corrected chi connectivity index (χ1v) is 11.2. The van der Waals surface area contributed by atoms with Gasteiger partial charge in [0.1, 0.15) is 5.52 Å². The fraction of sp³-hybridized carbons (Fsp3) is 0.429. The Morgan fingerprint density at radius 1 is 1.16 bits per heavy atom. The van der Waals surface area contributed by atoms with Crippen LogP contribution in [-0.2, 0) is 18.3 Å². The molecule has 1 fully saturated rings. The number of fused-ring (bicyclic) bond motifs is 2. The summed E-state index contributed by atoms with van der Waals surface area (Å²) in [6, 6.07) is 4.15. The molecule has 1 aromatic carbocycles. The number of thiazole rings is 1. The van der Waals surface area contributed by atoms with E-state index in [-0.39, 0.29) is 5.69 Å². The Bertz CT molecular complexity index is 1320. The molecular weight excluding hydrogens is 414 g/mol. The van der Waals surface area contributed by atoms with Crippen LogP contribution in [0.25, 0.3) is 21.4 Å². The van der Waals surface area contributed by atoms with Crippen LogP contribution in [0.1, 0.15) is 10.6 Å². The van der Waals surface area contributed by atoms with Crippen molar-refractivity contribution in [2.24, 2.45) is 7.05 Å². The molecule has 3 aromatic heterocycles. The maximum atomic E-state index is 12.8. The van der Waals surface area contributed by atoms with Crippen molar-refractivity contribution in [3.8, 4) is 0 Å². The van der Waals surface area contributed by atoms with E-state index in [9.17, 15) is 4.79 Å². The van der Waals surface area contributed by atoms with E-state index in [1.165, 1.54) is 0 Å². The van der Waals surface area contributed by atoms with Crippen molar-refractivity contribution in [3.05, 3.63) is 39.4 Å². The molecule has 0 unspecified atom stereocenters. The SMILES string of the molecule is Cc1nc2cc(C)c(Nc3ncc4c(n3)n(CCN3CCOCC3)c(=O)n4C)cc2s1. The number of imidazole rings is 1. The van der Waals surface area contributed by atoms with E-state index >= 15 is 0 Å². The van der Waals surface area contributed by atoms with Gasteiger partial charge < -0.3 is 10.1 Å². The Labute approximate surface area is 183 Å². The number of hydrogen-bond donors (Lipinski definition) is 1. The van der Waals surface area contributed by atoms with Crippen molar-refractivity contribution >= 4 is 44.4 Å². The summed E-state index contributed by atoms with van der Waals surface area (Å²) in [6.45, 7) is 8.67. The zero-order valence-electron chi connectivity index (χ0n) is 17.9. The number of rotatable bonds is 5. The smallest absolute Gasteiger partial charge is 0.330 e. The number of hydrogen-bond acceptors (Lipinski definition) is 8. The zero-order chi connectivity index (χ0) is 21.5. The highest BCUT2D eigenvalue weighted by Crippen LogP contribution is 2.29. The molecule has 0 saturated carbocycles. The average Bonchev–Trinajstić information content (AvgIpc) is 3.23. The minimum atomic E-state index is -0.0764. The van der Waals surface area contributed by atoms with Crippen molar-refractivity contribution in [3.63, 3.8) is 0 Å². The summed E-state index contributed by atoms with van der Waals surface area (Å²) in [6.07, 6.45) is 1.71. The summed E-state index contributed by atoms with van der Waals surface area (Å²) >= 11 is 1.66. The first-order chi connectivity index (χ1) is 15.0. The predicted molar refractivity (Wildman–Crippen MR) is 122 cm³/mol. The molecule has 4 heterocycles. The molecule has 4 aromatic rings. The van der Waals surface area contributed by atoms with Crippen LogP contribution in [-0.4, -0.2) is 61.8 Å². The number of benzene rings is 1. The van der Waals surface area contributed by atoms with Gasteiger partial charge in [-0.2, -0.15) is 4.98 Å². The van der Waals surface area contributed by atoms with E-state index in [0.29, 0.717) is 18.1 Å². The molecule has 162 valence electrons. The fourth-order valence-electron chi connectivity index (χ4n) is 3.95. The second kappa shape index (κ2) is 8.03. The minimum absolute atomic E-state index is 0.0764. The lowest BCUT2D eigenvalue weighted by atomic mass is 10.2. The van der Waals surface area contributed by atoms with Crippen molar-refractivity contribution in [2.45, 2.75) is 20.4 Å². The summed E-state index contributed by atoms with van der Waals surface area (Å²) in [4.78, 5) is 28.9. The van der Waals surface area contributed by atoms with Gasteiger partial charge in [0.2, 0.25) is 5.95 Å². The quantitative estimate of drug-likeness (QED) is 0.511. The Morgan fingerprint density at radius 3 is 2.77 bits per heavy atom. The highest BCUT2D eigenvalue weighted by Gasteiger charge is 2.16. The summed E-state index contributed by atoms with van der Waals surface area (Å²) in [5.41, 5.74) is 4.30. The van der Waals surface area contributed by atoms with Crippen molar-refractivity contribution in [1.29, 1.82) is 0 Å². The van der Waals surface area contributed by atoms with Crippen LogP contribution in [0.3, 0.4) is 0 Å². The molecule has 9 nitrogen and oxygen atoms in total. The van der Waals surface area contributed by atoms with Crippen molar-refractivity contribution in [2.75, 3.05) is 38.2 Å². The maximum Gasteiger partial charge on any atom is 0.330 e. The standard InChI is InChI=1S/C21H25N7O2S/c1-13-10-16-18(31-14(2)23-16)11-15(13)24-20-22-12-17-19(25-20)28(21(29)26(17)3)5-4-27-6-8-30-9-7-27/h10-12H,4-9H2,1-3H3,(H,22,24,25). The van der Waals surface area contributed by atoms with Crippen LogP contribution in [0, 0.1) is 13.8 Å². The highest BCUT2D eigenvalue weighted by molar-refractivity contribution is 7.18. The van der Waals surface area contributed by atoms with Crippen LogP contribution in [0.4, 0.5) is 11.6 Å². The third kappa shape index (κ3) is 3.82. The molecule has 1 aliphatic rings. The van der Waals surface area contributed by atoms with Crippen LogP contribution < -0.4 is 11.0 Å². The summed E-state index contributed by atoms with van der Waals surface area (Å²) in [7, 11) is 1.76. The zero-order valence-corrected chi connectivity index (χ0v) is 18.7. The summed E-state index contributed by atoms with van der Waals surface area (Å²) in [5, 5.41) is 4.37. The molecule has 1 aliphatic heterocycles. The summed E-state index contributed by atoms with van der Waals surface area (Å²) in [5.74, 6) is 0.474. The topological polar surface area (TPSA) is 90.1 Å². The number of nitrogens with one attached hydrogen (secondary N) is 1. The third-order valence-electron chi connectivity index (χ3n) is 5.72. The first kappa shape index (κ1) is 20.1. The van der Waals surface area contributed by atoms with E-state index in [2.05, 4.69) is 32.3 Å². The van der Waals surface area contributed by atoms with Gasteiger partial charge in [-0.15, -0.1) is 11.3 Å². The molecule has 0 amide bonds. The van der Waals surface area contributed by atoms with Crippen LogP contribution >= 0.6 is 11.3 Å². The Morgan fingerprint density at radius 2 is 1.97 bits per heavy atom. The normalized spacial score (nSPS) is 15.2. The highest BCUT2D eigenvalue weighted by atomic mass is 32.1. The van der Waals surface area contributed by atoms with Gasteiger partial charge in [0.25, 0.3) is 0 Å². The van der Waals surface area contributed by atoms with Crippen molar-refractivity contribution in [1.82, 2.24) is 29.0 Å². The Kier molecular flexibility index (Phi) is 5.20. The fourth-order valence-corrected chi connectivity index (χ4v) is 4.80. The third-order valence-corrected chi connectivity index (χ3v) is 6.65. The molecule has 1 N–H and O–H groups in total. The molecule has 0 spiro atoms. The molecule has 5 rings (SSSR count). The van der Waals surface area contributed by atoms with Gasteiger partial charge in [-0.25, -0.2) is 14.8 Å². The van der Waals surface area contributed by atoms with E-state index < -0.39 is 0 Å². The Balaban J connectivity index is 1.46. The molecule has 31 heavy (non-hydrogen) atoms. The van der Waals surface area contributed by atoms with E-state index in [1.54, 1.807) is 33.7 Å². The number of anilines is 2.